The van der Waals surface area contributed by atoms with Crippen LogP contribution in [0.15, 0.2) is 35.3 Å². The average Bonchev–Trinajstić information content (AvgIpc) is 2.95. The van der Waals surface area contributed by atoms with E-state index in [-0.39, 0.29) is 18.3 Å². The molecule has 1 saturated heterocycles. The Hall–Kier alpha value is -2.34. The summed E-state index contributed by atoms with van der Waals surface area (Å²) in [6, 6.07) is 7.09. The third-order valence-electron chi connectivity index (χ3n) is 4.72. The number of hydrogen-bond acceptors (Lipinski definition) is 10. The number of primary amides is 1. The number of nitrogens with two attached hydrogens (primary N) is 1. The van der Waals surface area contributed by atoms with E-state index in [9.17, 15) is 24.4 Å². The van der Waals surface area contributed by atoms with Gasteiger partial charge in [0.25, 0.3) is 0 Å². The summed E-state index contributed by atoms with van der Waals surface area (Å²) >= 11 is 0. The summed E-state index contributed by atoms with van der Waals surface area (Å²) in [6.45, 7) is 5.60. The van der Waals surface area contributed by atoms with Crippen molar-refractivity contribution in [3.05, 3.63) is 30.3 Å². The van der Waals surface area contributed by atoms with Crippen molar-refractivity contribution in [2.75, 3.05) is 6.61 Å². The Morgan fingerprint density at radius 1 is 1.32 bits per heavy atom. The van der Waals surface area contributed by atoms with Crippen LogP contribution in [0.2, 0.25) is 0 Å². The van der Waals surface area contributed by atoms with Crippen molar-refractivity contribution in [3.63, 3.8) is 0 Å². The van der Waals surface area contributed by atoms with Crippen molar-refractivity contribution in [2.24, 2.45) is 10.7 Å². The minimum Gasteiger partial charge on any atom is -0.462 e. The number of aliphatic imine (C=N–C) groups is 1. The first-order chi connectivity index (χ1) is 15.8. The van der Waals surface area contributed by atoms with Crippen molar-refractivity contribution in [2.45, 2.75) is 70.3 Å². The van der Waals surface area contributed by atoms with Gasteiger partial charge in [-0.25, -0.2) is 4.57 Å². The number of ether oxygens (including phenoxy) is 2. The number of para-hydroxylation sites is 1. The summed E-state index contributed by atoms with van der Waals surface area (Å²) in [5.74, 6) is -1.09. The number of nitrogens with one attached hydrogen (secondary N) is 1. The monoisotopic (exact) mass is 501 g/mol. The van der Waals surface area contributed by atoms with Gasteiger partial charge in [0.05, 0.1) is 19.1 Å². The third-order valence-corrected chi connectivity index (χ3v) is 6.37. The van der Waals surface area contributed by atoms with Crippen LogP contribution in [0.25, 0.3) is 0 Å². The number of rotatable bonds is 12. The highest BCUT2D eigenvalue weighted by atomic mass is 31.2. The molecule has 0 aliphatic carbocycles. The fourth-order valence-electron chi connectivity index (χ4n) is 2.96. The van der Waals surface area contributed by atoms with E-state index in [2.05, 4.69) is 10.1 Å². The van der Waals surface area contributed by atoms with E-state index in [0.29, 0.717) is 0 Å². The number of esters is 1. The molecule has 0 radical (unpaired) electrons. The molecule has 13 heteroatoms. The minimum absolute atomic E-state index is 0.179. The third kappa shape index (κ3) is 7.86. The van der Waals surface area contributed by atoms with E-state index in [1.807, 2.05) is 0 Å². The zero-order valence-electron chi connectivity index (χ0n) is 19.5. The molecule has 0 bridgehead atoms. The van der Waals surface area contributed by atoms with Crippen LogP contribution in [-0.4, -0.2) is 71.1 Å². The van der Waals surface area contributed by atoms with Gasteiger partial charge in [-0.3, -0.25) is 19.1 Å². The number of amides is 1. The van der Waals surface area contributed by atoms with Gasteiger partial charge in [0.15, 0.2) is 6.23 Å². The molecule has 1 aliphatic rings. The highest BCUT2D eigenvalue weighted by Gasteiger charge is 2.52. The lowest BCUT2D eigenvalue weighted by Gasteiger charge is -2.26. The average molecular weight is 501 g/mol. The topological polar surface area (TPSA) is 179 Å². The molecule has 190 valence electrons. The first kappa shape index (κ1) is 27.9. The summed E-state index contributed by atoms with van der Waals surface area (Å²) in [5.41, 5.74) is 3.23. The summed E-state index contributed by atoms with van der Waals surface area (Å²) in [5, 5.41) is 23.6. The normalized spacial score (nSPS) is 27.4. The Kier molecular flexibility index (Phi) is 9.74. The predicted octanol–water partition coefficient (Wildman–Crippen LogP) is 0.903. The quantitative estimate of drug-likeness (QED) is 0.183. The van der Waals surface area contributed by atoms with E-state index in [1.54, 1.807) is 44.2 Å². The molecular formula is C21H32N3O9P. The van der Waals surface area contributed by atoms with Crippen LogP contribution in [0.3, 0.4) is 0 Å². The van der Waals surface area contributed by atoms with Gasteiger partial charge in [0.2, 0.25) is 5.91 Å². The van der Waals surface area contributed by atoms with E-state index in [1.165, 1.54) is 20.1 Å². The second-order valence-electron chi connectivity index (χ2n) is 8.23. The zero-order chi connectivity index (χ0) is 25.5. The molecule has 1 fully saturated rings. The fraction of sp³-hybridized carbons (Fsp3) is 0.571. The van der Waals surface area contributed by atoms with Gasteiger partial charge < -0.3 is 29.9 Å². The maximum absolute atomic E-state index is 13.5. The summed E-state index contributed by atoms with van der Waals surface area (Å²) in [6.07, 6.45) is -3.25. The molecule has 0 saturated carbocycles. The molecule has 1 aliphatic heterocycles. The number of aliphatic hydroxyl groups excluding tert-OH is 1. The van der Waals surface area contributed by atoms with Crippen molar-refractivity contribution in [1.29, 1.82) is 0 Å². The number of nitrogens with zero attached hydrogens (tertiary/aromatic N) is 1. The number of hydrogen-bond donors (Lipinski definition) is 4. The molecule has 1 heterocycles. The van der Waals surface area contributed by atoms with Gasteiger partial charge >= 0.3 is 13.7 Å². The van der Waals surface area contributed by atoms with E-state index in [4.69, 9.17) is 24.3 Å². The van der Waals surface area contributed by atoms with Gasteiger partial charge in [0.1, 0.15) is 29.6 Å². The SMILES string of the molecule is CC(C)OC(=O)C(C)NP(=O)(OCC1OC(N=CCC(N)=O)C(C)(O)C1O)Oc1ccccc1. The number of carbonyl (C=O) groups excluding carboxylic acids is 2. The van der Waals surface area contributed by atoms with Gasteiger partial charge in [-0.2, -0.15) is 5.09 Å². The molecule has 1 amide bonds. The van der Waals surface area contributed by atoms with Gasteiger partial charge in [-0.15, -0.1) is 0 Å². The lowest BCUT2D eigenvalue weighted by Crippen LogP contribution is -2.45. The second kappa shape index (κ2) is 11.9. The fourth-order valence-corrected chi connectivity index (χ4v) is 4.46. The predicted molar refractivity (Wildman–Crippen MR) is 122 cm³/mol. The second-order valence-corrected chi connectivity index (χ2v) is 9.93. The van der Waals surface area contributed by atoms with Crippen molar-refractivity contribution in [1.82, 2.24) is 5.09 Å². The Morgan fingerprint density at radius 2 is 1.97 bits per heavy atom. The van der Waals surface area contributed by atoms with Crippen LogP contribution in [0.1, 0.15) is 34.1 Å². The van der Waals surface area contributed by atoms with Gasteiger partial charge in [-0.05, 0) is 39.8 Å². The molecule has 34 heavy (non-hydrogen) atoms. The van der Waals surface area contributed by atoms with Crippen LogP contribution in [0.5, 0.6) is 5.75 Å². The maximum Gasteiger partial charge on any atom is 0.459 e. The van der Waals surface area contributed by atoms with Crippen LogP contribution >= 0.6 is 7.75 Å². The van der Waals surface area contributed by atoms with Gasteiger partial charge in [0, 0.05) is 6.21 Å². The Morgan fingerprint density at radius 3 is 2.56 bits per heavy atom. The molecular weight excluding hydrogens is 469 g/mol. The molecule has 6 unspecified atom stereocenters. The number of carbonyl (C=O) groups is 2. The van der Waals surface area contributed by atoms with Gasteiger partial charge in [-0.1, -0.05) is 18.2 Å². The van der Waals surface area contributed by atoms with Crippen molar-refractivity contribution in [3.8, 4) is 5.75 Å². The molecule has 0 spiro atoms. The Labute approximate surface area is 198 Å². The first-order valence-electron chi connectivity index (χ1n) is 10.7. The summed E-state index contributed by atoms with van der Waals surface area (Å²) in [7, 11) is -4.19. The van der Waals surface area contributed by atoms with Crippen LogP contribution in [0, 0.1) is 0 Å². The summed E-state index contributed by atoms with van der Waals surface area (Å²) in [4.78, 5) is 27.0. The van der Waals surface area contributed by atoms with E-state index >= 15 is 0 Å². The van der Waals surface area contributed by atoms with Crippen molar-refractivity contribution < 1.29 is 42.9 Å². The molecule has 0 aromatic heterocycles. The molecule has 1 aromatic rings. The lowest BCUT2D eigenvalue weighted by molar-refractivity contribution is -0.149. The number of aliphatic hydroxyl groups is 2. The Bertz CT molecular complexity index is 910. The highest BCUT2D eigenvalue weighted by molar-refractivity contribution is 7.52. The van der Waals surface area contributed by atoms with Crippen molar-refractivity contribution >= 4 is 25.8 Å². The highest BCUT2D eigenvalue weighted by Crippen LogP contribution is 2.46. The molecule has 1 aromatic carbocycles. The number of benzene rings is 1. The smallest absolute Gasteiger partial charge is 0.459 e. The Balaban J connectivity index is 2.14. The van der Waals surface area contributed by atoms with E-state index < -0.39 is 56.3 Å². The standard InChI is InChI=1S/C21H32N3O9P/c1-13(2)31-19(27)14(3)24-34(29,33-15-8-6-5-7-9-15)30-12-16-18(26)21(4,28)20(32-16)23-11-10-17(22)25/h5-9,11,13-14,16,18,20,26,28H,10,12H2,1-4H3,(H2,22,25)(H,24,29). The zero-order valence-corrected chi connectivity index (χ0v) is 20.4. The minimum atomic E-state index is -4.19. The van der Waals surface area contributed by atoms with Crippen LogP contribution in [-0.2, 0) is 28.2 Å². The first-order valence-corrected chi connectivity index (χ1v) is 12.2. The van der Waals surface area contributed by atoms with Crippen LogP contribution < -0.4 is 15.3 Å². The molecule has 12 nitrogen and oxygen atoms in total. The summed E-state index contributed by atoms with van der Waals surface area (Å²) < 4.78 is 35.2. The molecule has 6 atom stereocenters. The lowest BCUT2D eigenvalue weighted by atomic mass is 9.97. The molecule has 5 N–H and O–H groups in total. The maximum atomic E-state index is 13.5. The largest absolute Gasteiger partial charge is 0.462 e. The van der Waals surface area contributed by atoms with Crippen LogP contribution in [0.4, 0.5) is 0 Å². The van der Waals surface area contributed by atoms with E-state index in [0.717, 1.165) is 0 Å². The molecule has 2 rings (SSSR count).